The topological polar surface area (TPSA) is 120 Å². The highest BCUT2D eigenvalue weighted by atomic mass is 32.2. The Labute approximate surface area is 210 Å². The Hall–Kier alpha value is -2.55. The van der Waals surface area contributed by atoms with E-state index in [2.05, 4.69) is 25.6 Å². The fourth-order valence-electron chi connectivity index (χ4n) is 4.25. The van der Waals surface area contributed by atoms with E-state index in [1.165, 1.54) is 22.7 Å². The minimum absolute atomic E-state index is 0.157. The lowest BCUT2D eigenvalue weighted by molar-refractivity contribution is -0.115. The maximum absolute atomic E-state index is 12.8. The fourth-order valence-corrected chi connectivity index (χ4v) is 5.77. The quantitative estimate of drug-likeness (QED) is 0.394. The largest absolute Gasteiger partial charge is 0.405 e. The number of hydrogen-bond acceptors (Lipinski definition) is 9. The van der Waals surface area contributed by atoms with E-state index < -0.39 is 28.8 Å². The van der Waals surface area contributed by atoms with Crippen LogP contribution in [0, 0.1) is 12.8 Å². The predicted molar refractivity (Wildman–Crippen MR) is 134 cm³/mol. The summed E-state index contributed by atoms with van der Waals surface area (Å²) < 4.78 is 64.1. The van der Waals surface area contributed by atoms with E-state index in [1.54, 1.807) is 6.92 Å². The van der Waals surface area contributed by atoms with Gasteiger partial charge in [-0.25, -0.2) is 22.7 Å². The highest BCUT2D eigenvalue weighted by molar-refractivity contribution is 7.88. The molecule has 0 radical (unpaired) electrons. The van der Waals surface area contributed by atoms with Gasteiger partial charge in [0.1, 0.15) is 17.4 Å². The van der Waals surface area contributed by atoms with Gasteiger partial charge in [0.15, 0.2) is 0 Å². The number of nitrogens with zero attached hydrogens (tertiary/aromatic N) is 4. The van der Waals surface area contributed by atoms with Crippen molar-refractivity contribution >= 4 is 43.3 Å². The SMILES string of the molecule is Cc1nc(NCC(F)(F)F)nc(NC2CC(CN(C)S(C)(=O)=O)[C@@H](O)C2)c1-c1nc2ccccc2s1. The molecule has 2 heterocycles. The molecule has 0 aliphatic heterocycles. The van der Waals surface area contributed by atoms with Gasteiger partial charge in [0, 0.05) is 25.6 Å². The maximum Gasteiger partial charge on any atom is 0.405 e. The lowest BCUT2D eigenvalue weighted by Gasteiger charge is -2.21. The molecule has 2 aromatic heterocycles. The van der Waals surface area contributed by atoms with Gasteiger partial charge in [-0.05, 0) is 31.9 Å². The number of rotatable bonds is 8. The molecule has 4 rings (SSSR count). The van der Waals surface area contributed by atoms with Crippen LogP contribution < -0.4 is 10.6 Å². The van der Waals surface area contributed by atoms with Crippen LogP contribution in [0.3, 0.4) is 0 Å². The summed E-state index contributed by atoms with van der Waals surface area (Å²) in [4.78, 5) is 13.2. The highest BCUT2D eigenvalue weighted by Gasteiger charge is 2.36. The van der Waals surface area contributed by atoms with Gasteiger partial charge in [-0.2, -0.15) is 18.2 Å². The summed E-state index contributed by atoms with van der Waals surface area (Å²) in [5, 5.41) is 16.7. The van der Waals surface area contributed by atoms with Crippen molar-refractivity contribution in [1.29, 1.82) is 0 Å². The first-order chi connectivity index (χ1) is 16.8. The summed E-state index contributed by atoms with van der Waals surface area (Å²) >= 11 is 1.42. The van der Waals surface area contributed by atoms with Gasteiger partial charge < -0.3 is 15.7 Å². The summed E-state index contributed by atoms with van der Waals surface area (Å²) in [6, 6.07) is 7.27. The molecule has 0 saturated heterocycles. The zero-order chi connectivity index (χ0) is 26.3. The Morgan fingerprint density at radius 2 is 1.92 bits per heavy atom. The Balaban J connectivity index is 1.65. The van der Waals surface area contributed by atoms with Gasteiger partial charge in [0.05, 0.1) is 33.8 Å². The summed E-state index contributed by atoms with van der Waals surface area (Å²) in [6.45, 7) is 0.554. The molecule has 2 unspecified atom stereocenters. The Kier molecular flexibility index (Phi) is 7.42. The second-order valence-electron chi connectivity index (χ2n) is 9.00. The van der Waals surface area contributed by atoms with Crippen molar-refractivity contribution in [2.75, 3.05) is 37.0 Å². The number of thiazole rings is 1. The third-order valence-electron chi connectivity index (χ3n) is 6.10. The smallest absolute Gasteiger partial charge is 0.393 e. The van der Waals surface area contributed by atoms with Crippen molar-refractivity contribution < 1.29 is 26.7 Å². The number of nitrogens with one attached hydrogen (secondary N) is 2. The monoisotopic (exact) mass is 544 g/mol. The highest BCUT2D eigenvalue weighted by Crippen LogP contribution is 2.38. The van der Waals surface area contributed by atoms with Crippen LogP contribution in [-0.4, -0.2) is 77.5 Å². The number of sulfonamides is 1. The summed E-state index contributed by atoms with van der Waals surface area (Å²) in [5.74, 6) is -0.177. The number of aliphatic hydroxyl groups excluding tert-OH is 1. The summed E-state index contributed by atoms with van der Waals surface area (Å²) in [6.07, 6.45) is -3.30. The van der Waals surface area contributed by atoms with E-state index in [4.69, 9.17) is 0 Å². The number of aryl methyl sites for hydroxylation is 1. The van der Waals surface area contributed by atoms with Gasteiger partial charge in [-0.15, -0.1) is 11.3 Å². The van der Waals surface area contributed by atoms with Crippen molar-refractivity contribution in [3.63, 3.8) is 0 Å². The Morgan fingerprint density at radius 3 is 2.58 bits per heavy atom. The number of fused-ring (bicyclic) bond motifs is 1. The first kappa shape index (κ1) is 26.5. The summed E-state index contributed by atoms with van der Waals surface area (Å²) in [7, 11) is -1.94. The van der Waals surface area contributed by atoms with Crippen LogP contribution in [0.4, 0.5) is 24.9 Å². The molecular weight excluding hydrogens is 517 g/mol. The number of hydrogen-bond donors (Lipinski definition) is 3. The van der Waals surface area contributed by atoms with E-state index >= 15 is 0 Å². The predicted octanol–water partition coefficient (Wildman–Crippen LogP) is 3.48. The van der Waals surface area contributed by atoms with E-state index in [-0.39, 0.29) is 24.5 Å². The van der Waals surface area contributed by atoms with Crippen LogP contribution in [0.1, 0.15) is 18.5 Å². The van der Waals surface area contributed by atoms with Crippen LogP contribution in [0.15, 0.2) is 24.3 Å². The number of benzene rings is 1. The normalized spacial score (nSPS) is 20.8. The van der Waals surface area contributed by atoms with Gasteiger partial charge in [0.2, 0.25) is 16.0 Å². The van der Waals surface area contributed by atoms with Gasteiger partial charge in [0.25, 0.3) is 0 Å². The van der Waals surface area contributed by atoms with E-state index in [0.717, 1.165) is 16.5 Å². The second-order valence-corrected chi connectivity index (χ2v) is 12.1. The van der Waals surface area contributed by atoms with Gasteiger partial charge >= 0.3 is 6.18 Å². The first-order valence-corrected chi connectivity index (χ1v) is 13.9. The molecule has 3 atom stereocenters. The van der Waals surface area contributed by atoms with E-state index in [0.29, 0.717) is 34.9 Å². The van der Waals surface area contributed by atoms with Crippen LogP contribution in [0.5, 0.6) is 0 Å². The number of aliphatic hydroxyl groups is 1. The Bertz CT molecular complexity index is 1320. The fraction of sp³-hybridized carbons (Fsp3) is 0.500. The molecule has 1 saturated carbocycles. The average molecular weight is 545 g/mol. The molecule has 0 spiro atoms. The molecule has 3 N–H and O–H groups in total. The van der Waals surface area contributed by atoms with E-state index in [9.17, 15) is 26.7 Å². The second kappa shape index (κ2) is 10.1. The molecule has 1 aliphatic carbocycles. The number of halogens is 3. The molecule has 9 nitrogen and oxygen atoms in total. The lowest BCUT2D eigenvalue weighted by Crippen LogP contribution is -2.33. The van der Waals surface area contributed by atoms with Crippen molar-refractivity contribution in [2.24, 2.45) is 5.92 Å². The summed E-state index contributed by atoms with van der Waals surface area (Å²) in [5.41, 5.74) is 1.80. The number of aromatic nitrogens is 3. The maximum atomic E-state index is 12.8. The van der Waals surface area contributed by atoms with Gasteiger partial charge in [-0.3, -0.25) is 0 Å². The number of anilines is 2. The minimum atomic E-state index is -4.44. The van der Waals surface area contributed by atoms with Crippen molar-refractivity contribution in [1.82, 2.24) is 19.3 Å². The van der Waals surface area contributed by atoms with Crippen molar-refractivity contribution in [2.45, 2.75) is 38.1 Å². The van der Waals surface area contributed by atoms with Crippen LogP contribution in [0.2, 0.25) is 0 Å². The van der Waals surface area contributed by atoms with Gasteiger partial charge in [-0.1, -0.05) is 12.1 Å². The van der Waals surface area contributed by atoms with Crippen molar-refractivity contribution in [3.05, 3.63) is 30.0 Å². The Morgan fingerprint density at radius 1 is 1.19 bits per heavy atom. The molecule has 196 valence electrons. The zero-order valence-corrected chi connectivity index (χ0v) is 21.5. The molecule has 36 heavy (non-hydrogen) atoms. The standard InChI is InChI=1S/C22H27F3N6O3S2/c1-12-18(20-29-15-6-4-5-7-17(15)35-20)19(30-21(27-12)26-11-22(23,24)25)28-14-8-13(16(32)9-14)10-31(2)36(3,33)34/h4-7,13-14,16,32H,8-11H2,1-3H3,(H2,26,27,28,30)/t13?,14?,16-/m0/s1. The van der Waals surface area contributed by atoms with Crippen LogP contribution in [0.25, 0.3) is 20.8 Å². The number of alkyl halides is 3. The molecule has 3 aromatic rings. The first-order valence-electron chi connectivity index (χ1n) is 11.2. The lowest BCUT2D eigenvalue weighted by atomic mass is 10.1. The molecule has 1 aromatic carbocycles. The third-order valence-corrected chi connectivity index (χ3v) is 8.44. The third kappa shape index (κ3) is 6.22. The molecular formula is C22H27F3N6O3S2. The van der Waals surface area contributed by atoms with Crippen LogP contribution >= 0.6 is 11.3 Å². The zero-order valence-electron chi connectivity index (χ0n) is 19.9. The van der Waals surface area contributed by atoms with Crippen LogP contribution in [-0.2, 0) is 10.0 Å². The minimum Gasteiger partial charge on any atom is -0.393 e. The molecule has 0 bridgehead atoms. The molecule has 0 amide bonds. The molecule has 1 aliphatic rings. The average Bonchev–Trinajstić information content (AvgIpc) is 3.33. The molecule has 14 heteroatoms. The number of para-hydroxylation sites is 1. The van der Waals surface area contributed by atoms with Crippen molar-refractivity contribution in [3.8, 4) is 10.6 Å². The van der Waals surface area contributed by atoms with E-state index in [1.807, 2.05) is 24.3 Å². The molecule has 1 fully saturated rings.